The number of carbonyl (C=O) groups excluding carboxylic acids is 1. The van der Waals surface area contributed by atoms with Crippen LogP contribution in [0.4, 0.5) is 0 Å². The number of rotatable bonds is 3. The summed E-state index contributed by atoms with van der Waals surface area (Å²) in [7, 11) is 0. The molecule has 4 nitrogen and oxygen atoms in total. The van der Waals surface area contributed by atoms with Crippen molar-refractivity contribution < 1.29 is 4.79 Å². The Balaban J connectivity index is 1.38. The Kier molecular flexibility index (Phi) is 4.57. The normalized spacial score (nSPS) is 15.8. The molecule has 0 saturated carbocycles. The summed E-state index contributed by atoms with van der Waals surface area (Å²) in [4.78, 5) is 22.6. The average Bonchev–Trinajstić information content (AvgIpc) is 3.10. The zero-order valence-corrected chi connectivity index (χ0v) is 15.0. The highest BCUT2D eigenvalue weighted by molar-refractivity contribution is 5.91. The number of piperidine rings is 1. The van der Waals surface area contributed by atoms with Crippen LogP contribution in [0.3, 0.4) is 0 Å². The quantitative estimate of drug-likeness (QED) is 0.720. The van der Waals surface area contributed by atoms with Gasteiger partial charge in [-0.05, 0) is 49.1 Å². The van der Waals surface area contributed by atoms with Crippen LogP contribution in [0.25, 0.3) is 17.1 Å². The Bertz CT molecular complexity index is 934. The number of nitrogens with one attached hydrogen (secondary N) is 1. The van der Waals surface area contributed by atoms with Gasteiger partial charge < -0.3 is 9.88 Å². The second-order valence-electron chi connectivity index (χ2n) is 6.99. The monoisotopic (exact) mass is 345 g/mol. The second kappa shape index (κ2) is 7.16. The minimum Gasteiger partial charge on any atom is -0.342 e. The maximum atomic E-state index is 12.4. The molecule has 4 rings (SSSR count). The van der Waals surface area contributed by atoms with Gasteiger partial charge in [0.2, 0.25) is 5.91 Å². The summed E-state index contributed by atoms with van der Waals surface area (Å²) in [6.45, 7) is 3.64. The Morgan fingerprint density at radius 3 is 2.69 bits per heavy atom. The van der Waals surface area contributed by atoms with E-state index in [0.29, 0.717) is 5.92 Å². The lowest BCUT2D eigenvalue weighted by atomic mass is 9.96. The fourth-order valence-electron chi connectivity index (χ4n) is 3.55. The number of hydrogen-bond acceptors (Lipinski definition) is 2. The first kappa shape index (κ1) is 16.6. The van der Waals surface area contributed by atoms with Crippen LogP contribution in [-0.2, 0) is 4.79 Å². The van der Waals surface area contributed by atoms with Crippen LogP contribution in [0.5, 0.6) is 0 Å². The Morgan fingerprint density at radius 2 is 1.92 bits per heavy atom. The number of fused-ring (bicyclic) bond motifs is 1. The minimum atomic E-state index is 0.0903. The van der Waals surface area contributed by atoms with Gasteiger partial charge in [0.15, 0.2) is 0 Å². The minimum absolute atomic E-state index is 0.0903. The fraction of sp³-hybridized carbons (Fsp3) is 0.273. The highest BCUT2D eigenvalue weighted by atomic mass is 16.2. The molecule has 1 saturated heterocycles. The number of aryl methyl sites for hydroxylation is 1. The van der Waals surface area contributed by atoms with Gasteiger partial charge >= 0.3 is 0 Å². The van der Waals surface area contributed by atoms with Crippen molar-refractivity contribution in [3.8, 4) is 0 Å². The Morgan fingerprint density at radius 1 is 1.15 bits per heavy atom. The molecule has 1 amide bonds. The molecule has 0 radical (unpaired) electrons. The summed E-state index contributed by atoms with van der Waals surface area (Å²) < 4.78 is 0. The van der Waals surface area contributed by atoms with Gasteiger partial charge in [-0.25, -0.2) is 4.98 Å². The number of imidazole rings is 1. The van der Waals surface area contributed by atoms with Crippen molar-refractivity contribution in [2.75, 3.05) is 13.1 Å². The standard InChI is InChI=1S/C22H23N3O/c1-16-7-9-19-20(15-16)24-22(23-19)18-11-13-25(14-12-18)21(26)10-8-17-5-3-2-4-6-17/h2-10,15,18H,11-14H2,1H3,(H,23,24)/b10-8+. The van der Waals surface area contributed by atoms with Gasteiger partial charge in [-0.2, -0.15) is 0 Å². The molecule has 1 aliphatic heterocycles. The van der Waals surface area contributed by atoms with Crippen molar-refractivity contribution in [3.05, 3.63) is 71.6 Å². The summed E-state index contributed by atoms with van der Waals surface area (Å²) in [5.74, 6) is 1.54. The molecule has 4 heteroatoms. The molecule has 132 valence electrons. The maximum Gasteiger partial charge on any atom is 0.246 e. The number of amides is 1. The van der Waals surface area contributed by atoms with Crippen molar-refractivity contribution >= 4 is 23.0 Å². The smallest absolute Gasteiger partial charge is 0.246 e. The van der Waals surface area contributed by atoms with Crippen molar-refractivity contribution in [2.24, 2.45) is 0 Å². The molecule has 2 aromatic carbocycles. The summed E-state index contributed by atoms with van der Waals surface area (Å²) >= 11 is 0. The Labute approximate surface area is 153 Å². The van der Waals surface area contributed by atoms with Crippen molar-refractivity contribution in [2.45, 2.75) is 25.7 Å². The van der Waals surface area contributed by atoms with Crippen LogP contribution in [0.15, 0.2) is 54.6 Å². The van der Waals surface area contributed by atoms with E-state index in [1.54, 1.807) is 6.08 Å². The zero-order valence-electron chi connectivity index (χ0n) is 15.0. The number of H-pyrrole nitrogens is 1. The topological polar surface area (TPSA) is 49.0 Å². The van der Waals surface area contributed by atoms with Crippen molar-refractivity contribution in [1.82, 2.24) is 14.9 Å². The van der Waals surface area contributed by atoms with E-state index >= 15 is 0 Å². The molecule has 1 aliphatic rings. The van der Waals surface area contributed by atoms with E-state index in [-0.39, 0.29) is 5.91 Å². The number of carbonyl (C=O) groups is 1. The number of aromatic nitrogens is 2. The SMILES string of the molecule is Cc1ccc2nc(C3CCN(C(=O)/C=C/c4ccccc4)CC3)[nH]c2c1. The van der Waals surface area contributed by atoms with Crippen LogP contribution < -0.4 is 0 Å². The van der Waals surface area contributed by atoms with E-state index in [4.69, 9.17) is 4.98 Å². The number of hydrogen-bond donors (Lipinski definition) is 1. The predicted molar refractivity (Wildman–Crippen MR) is 105 cm³/mol. The molecule has 0 aliphatic carbocycles. The number of benzene rings is 2. The third-order valence-electron chi connectivity index (χ3n) is 5.07. The summed E-state index contributed by atoms with van der Waals surface area (Å²) in [6.07, 6.45) is 5.46. The van der Waals surface area contributed by atoms with Crippen molar-refractivity contribution in [1.29, 1.82) is 0 Å². The zero-order chi connectivity index (χ0) is 17.9. The van der Waals surface area contributed by atoms with Crippen LogP contribution in [0, 0.1) is 6.92 Å². The first-order valence-corrected chi connectivity index (χ1v) is 9.17. The van der Waals surface area contributed by atoms with E-state index in [2.05, 4.69) is 30.1 Å². The lowest BCUT2D eigenvalue weighted by molar-refractivity contribution is -0.127. The fourth-order valence-corrected chi connectivity index (χ4v) is 3.55. The molecule has 0 bridgehead atoms. The van der Waals surface area contributed by atoms with E-state index < -0.39 is 0 Å². The average molecular weight is 345 g/mol. The molecule has 1 N–H and O–H groups in total. The highest BCUT2D eigenvalue weighted by Gasteiger charge is 2.24. The summed E-state index contributed by atoms with van der Waals surface area (Å²) in [5, 5.41) is 0. The van der Waals surface area contributed by atoms with Crippen LogP contribution in [0.1, 0.15) is 35.7 Å². The van der Waals surface area contributed by atoms with Gasteiger partial charge in [-0.15, -0.1) is 0 Å². The van der Waals surface area contributed by atoms with E-state index in [1.807, 2.05) is 41.3 Å². The number of aromatic amines is 1. The molecular weight excluding hydrogens is 322 g/mol. The maximum absolute atomic E-state index is 12.4. The second-order valence-corrected chi connectivity index (χ2v) is 6.99. The summed E-state index contributed by atoms with van der Waals surface area (Å²) in [5.41, 5.74) is 4.41. The molecular formula is C22H23N3O. The van der Waals surface area contributed by atoms with Gasteiger partial charge in [-0.1, -0.05) is 36.4 Å². The lowest BCUT2D eigenvalue weighted by Gasteiger charge is -2.30. The molecule has 1 aromatic heterocycles. The first-order chi connectivity index (χ1) is 12.7. The number of likely N-dealkylation sites (tertiary alicyclic amines) is 1. The van der Waals surface area contributed by atoms with Gasteiger partial charge in [0.1, 0.15) is 5.82 Å². The molecule has 0 atom stereocenters. The number of nitrogens with zero attached hydrogens (tertiary/aromatic N) is 2. The van der Waals surface area contributed by atoms with E-state index in [0.717, 1.165) is 48.4 Å². The Hall–Kier alpha value is -2.88. The van der Waals surface area contributed by atoms with Crippen LogP contribution in [-0.4, -0.2) is 33.9 Å². The van der Waals surface area contributed by atoms with Gasteiger partial charge in [-0.3, -0.25) is 4.79 Å². The van der Waals surface area contributed by atoms with Crippen LogP contribution in [0.2, 0.25) is 0 Å². The summed E-state index contributed by atoms with van der Waals surface area (Å²) in [6, 6.07) is 16.2. The molecule has 0 unspecified atom stereocenters. The van der Waals surface area contributed by atoms with E-state index in [1.165, 1.54) is 5.56 Å². The first-order valence-electron chi connectivity index (χ1n) is 9.17. The lowest BCUT2D eigenvalue weighted by Crippen LogP contribution is -2.37. The molecule has 1 fully saturated rings. The van der Waals surface area contributed by atoms with E-state index in [9.17, 15) is 4.79 Å². The van der Waals surface area contributed by atoms with Gasteiger partial charge in [0, 0.05) is 25.1 Å². The predicted octanol–water partition coefficient (Wildman–Crippen LogP) is 4.29. The van der Waals surface area contributed by atoms with Crippen molar-refractivity contribution in [3.63, 3.8) is 0 Å². The van der Waals surface area contributed by atoms with Crippen LogP contribution >= 0.6 is 0 Å². The van der Waals surface area contributed by atoms with Gasteiger partial charge in [0.05, 0.1) is 11.0 Å². The highest BCUT2D eigenvalue weighted by Crippen LogP contribution is 2.28. The molecule has 3 aromatic rings. The third-order valence-corrected chi connectivity index (χ3v) is 5.07. The third kappa shape index (κ3) is 3.54. The molecule has 2 heterocycles. The molecule has 0 spiro atoms. The molecule has 26 heavy (non-hydrogen) atoms. The van der Waals surface area contributed by atoms with Gasteiger partial charge in [0.25, 0.3) is 0 Å². The largest absolute Gasteiger partial charge is 0.342 e.